The maximum absolute atomic E-state index is 13.4. The van der Waals surface area contributed by atoms with Gasteiger partial charge in [0.15, 0.2) is 17.5 Å². The first-order valence-electron chi connectivity index (χ1n) is 13.4. The van der Waals surface area contributed by atoms with Crippen LogP contribution in [0.2, 0.25) is 0 Å². The maximum atomic E-state index is 13.4. The molecule has 0 radical (unpaired) electrons. The Balaban J connectivity index is 1.13. The summed E-state index contributed by atoms with van der Waals surface area (Å²) in [7, 11) is 0. The summed E-state index contributed by atoms with van der Waals surface area (Å²) in [5.74, 6) is -4.41. The van der Waals surface area contributed by atoms with E-state index in [4.69, 9.17) is 5.73 Å². The lowest BCUT2D eigenvalue weighted by Crippen LogP contribution is -2.54. The highest BCUT2D eigenvalue weighted by atomic mass is 19.2. The van der Waals surface area contributed by atoms with Gasteiger partial charge >= 0.3 is 0 Å². The molecule has 1 atom stereocenters. The number of piperidine rings is 1. The second kappa shape index (κ2) is 11.6. The molecule has 0 spiro atoms. The van der Waals surface area contributed by atoms with Gasteiger partial charge in [0.2, 0.25) is 11.8 Å². The number of hydrogen-bond donors (Lipinski definition) is 3. The van der Waals surface area contributed by atoms with Gasteiger partial charge in [-0.1, -0.05) is 0 Å². The van der Waals surface area contributed by atoms with Crippen molar-refractivity contribution in [2.75, 3.05) is 13.1 Å². The number of carbonyl (C=O) groups excluding carboxylic acids is 2. The standard InChI is InChI=1S/C29H32F3N5O2/c30-23-13-17(14-24(31)27(23)32)1-6-26(38)37-11-8-19(9-12-37)28(29(33)39)36-20-4-2-18(3-5-20)21-16-35-25-7-10-34-15-22(21)25/h1,6-7,10,13-16,18-20,28,35-36H,2-5,8-9,11-12H2,(H2,33,39)/b6-1+/t18-,20-,28?. The van der Waals surface area contributed by atoms with Gasteiger partial charge in [-0.3, -0.25) is 14.6 Å². The average Bonchev–Trinajstić information content (AvgIpc) is 3.38. The molecule has 1 aliphatic carbocycles. The summed E-state index contributed by atoms with van der Waals surface area (Å²) < 4.78 is 40.0. The first kappa shape index (κ1) is 26.9. The normalized spacial score (nSPS) is 21.5. The average molecular weight is 540 g/mol. The third-order valence-electron chi connectivity index (χ3n) is 8.15. The van der Waals surface area contributed by atoms with Crippen molar-refractivity contribution in [2.24, 2.45) is 11.7 Å². The third-order valence-corrected chi connectivity index (χ3v) is 8.15. The molecule has 1 saturated carbocycles. The van der Waals surface area contributed by atoms with Crippen LogP contribution in [0.15, 0.2) is 42.9 Å². The van der Waals surface area contributed by atoms with Crippen molar-refractivity contribution in [3.8, 4) is 0 Å². The van der Waals surface area contributed by atoms with Crippen molar-refractivity contribution in [1.29, 1.82) is 0 Å². The lowest BCUT2D eigenvalue weighted by Gasteiger charge is -2.38. The summed E-state index contributed by atoms with van der Waals surface area (Å²) >= 11 is 0. The second-order valence-corrected chi connectivity index (χ2v) is 10.6. The van der Waals surface area contributed by atoms with E-state index in [-0.39, 0.29) is 29.3 Å². The largest absolute Gasteiger partial charge is 0.368 e. The minimum atomic E-state index is -1.54. The van der Waals surface area contributed by atoms with Gasteiger partial charge in [0.1, 0.15) is 0 Å². The van der Waals surface area contributed by atoms with Gasteiger partial charge in [-0.2, -0.15) is 0 Å². The van der Waals surface area contributed by atoms with Crippen LogP contribution in [0.1, 0.15) is 55.6 Å². The van der Waals surface area contributed by atoms with Crippen LogP contribution in [0.4, 0.5) is 13.2 Å². The number of rotatable bonds is 7. The van der Waals surface area contributed by atoms with Gasteiger partial charge in [-0.25, -0.2) is 13.2 Å². The van der Waals surface area contributed by atoms with Crippen LogP contribution in [-0.4, -0.2) is 51.9 Å². The Kier molecular flexibility index (Phi) is 8.02. The first-order chi connectivity index (χ1) is 18.8. The summed E-state index contributed by atoms with van der Waals surface area (Å²) in [6.45, 7) is 0.875. The smallest absolute Gasteiger partial charge is 0.246 e. The molecule has 7 nitrogen and oxygen atoms in total. The van der Waals surface area contributed by atoms with Crippen molar-refractivity contribution < 1.29 is 22.8 Å². The number of primary amides is 1. The molecular weight excluding hydrogens is 507 g/mol. The number of pyridine rings is 1. The van der Waals surface area contributed by atoms with E-state index in [0.717, 1.165) is 48.7 Å². The van der Waals surface area contributed by atoms with Crippen LogP contribution in [0, 0.1) is 23.4 Å². The monoisotopic (exact) mass is 539 g/mol. The number of H-pyrrole nitrogens is 1. The number of carbonyl (C=O) groups is 2. The van der Waals surface area contributed by atoms with Gasteiger partial charge in [0.05, 0.1) is 6.04 Å². The SMILES string of the molecule is NC(=O)C(N[C@H]1CC[C@H](c2c[nH]c3ccncc32)CC1)C1CCN(C(=O)/C=C/c2cc(F)c(F)c(F)c2)CC1. The number of aromatic nitrogens is 2. The number of nitrogens with zero attached hydrogens (tertiary/aromatic N) is 2. The van der Waals surface area contributed by atoms with Crippen molar-refractivity contribution in [2.45, 2.75) is 56.5 Å². The van der Waals surface area contributed by atoms with E-state index in [1.807, 2.05) is 12.3 Å². The fraction of sp³-hybridized carbons (Fsp3) is 0.414. The van der Waals surface area contributed by atoms with Crippen LogP contribution in [-0.2, 0) is 9.59 Å². The fourth-order valence-corrected chi connectivity index (χ4v) is 5.99. The zero-order valence-electron chi connectivity index (χ0n) is 21.5. The lowest BCUT2D eigenvalue weighted by molar-refractivity contribution is -0.128. The van der Waals surface area contributed by atoms with Crippen LogP contribution < -0.4 is 11.1 Å². The van der Waals surface area contributed by atoms with Crippen molar-refractivity contribution in [1.82, 2.24) is 20.2 Å². The molecule has 2 aliphatic rings. The van der Waals surface area contributed by atoms with E-state index < -0.39 is 23.5 Å². The number of aromatic amines is 1. The molecule has 0 bridgehead atoms. The molecule has 1 aliphatic heterocycles. The molecule has 10 heteroatoms. The fourth-order valence-electron chi connectivity index (χ4n) is 5.99. The predicted molar refractivity (Wildman–Crippen MR) is 142 cm³/mol. The van der Waals surface area contributed by atoms with E-state index in [0.29, 0.717) is 31.8 Å². The summed E-state index contributed by atoms with van der Waals surface area (Å²) in [5.41, 5.74) is 8.25. The molecule has 3 aromatic rings. The summed E-state index contributed by atoms with van der Waals surface area (Å²) in [5, 5.41) is 4.68. The Morgan fingerprint density at radius 1 is 1.08 bits per heavy atom. The molecule has 5 rings (SSSR count). The molecule has 4 N–H and O–H groups in total. The number of fused-ring (bicyclic) bond motifs is 1. The number of nitrogens with two attached hydrogens (primary N) is 1. The van der Waals surface area contributed by atoms with Crippen molar-refractivity contribution in [3.63, 3.8) is 0 Å². The molecule has 1 saturated heterocycles. The zero-order chi connectivity index (χ0) is 27.5. The quantitative estimate of drug-likeness (QED) is 0.306. The Labute approximate surface area is 224 Å². The third kappa shape index (κ3) is 6.00. The number of likely N-dealkylation sites (tertiary alicyclic amines) is 1. The molecule has 2 amide bonds. The van der Waals surface area contributed by atoms with E-state index in [9.17, 15) is 22.8 Å². The van der Waals surface area contributed by atoms with Gasteiger partial charge in [-0.05, 0) is 85.8 Å². The number of benzene rings is 1. The number of halogens is 3. The molecule has 2 aromatic heterocycles. The van der Waals surface area contributed by atoms with E-state index in [1.165, 1.54) is 17.7 Å². The molecule has 2 fully saturated rings. The van der Waals surface area contributed by atoms with E-state index >= 15 is 0 Å². The Bertz CT molecular complexity index is 1350. The van der Waals surface area contributed by atoms with Gasteiger partial charge in [-0.15, -0.1) is 0 Å². The Morgan fingerprint density at radius 2 is 1.77 bits per heavy atom. The molecular formula is C29H32F3N5O2. The predicted octanol–water partition coefficient (Wildman–Crippen LogP) is 4.40. The topological polar surface area (TPSA) is 104 Å². The minimum Gasteiger partial charge on any atom is -0.368 e. The molecule has 1 unspecified atom stereocenters. The van der Waals surface area contributed by atoms with Crippen LogP contribution in [0.25, 0.3) is 17.0 Å². The van der Waals surface area contributed by atoms with Gasteiger partial charge in [0.25, 0.3) is 0 Å². The highest BCUT2D eigenvalue weighted by molar-refractivity contribution is 5.92. The number of amides is 2. The highest BCUT2D eigenvalue weighted by Gasteiger charge is 2.34. The minimum absolute atomic E-state index is 0.00763. The van der Waals surface area contributed by atoms with E-state index in [2.05, 4.69) is 21.5 Å². The number of hydrogen-bond acceptors (Lipinski definition) is 4. The Hall–Kier alpha value is -3.66. The summed E-state index contributed by atoms with van der Waals surface area (Å²) in [4.78, 5) is 34.2. The van der Waals surface area contributed by atoms with Crippen LogP contribution >= 0.6 is 0 Å². The first-order valence-corrected chi connectivity index (χ1v) is 13.4. The lowest BCUT2D eigenvalue weighted by atomic mass is 9.80. The molecule has 3 heterocycles. The highest BCUT2D eigenvalue weighted by Crippen LogP contribution is 2.37. The van der Waals surface area contributed by atoms with Gasteiger partial charge in [0, 0.05) is 54.7 Å². The number of nitrogens with one attached hydrogen (secondary N) is 2. The zero-order valence-corrected chi connectivity index (χ0v) is 21.5. The summed E-state index contributed by atoms with van der Waals surface area (Å²) in [6, 6.07) is 3.38. The van der Waals surface area contributed by atoms with Crippen molar-refractivity contribution in [3.05, 3.63) is 71.4 Å². The molecule has 206 valence electrons. The van der Waals surface area contributed by atoms with Crippen molar-refractivity contribution >= 4 is 28.8 Å². The maximum Gasteiger partial charge on any atom is 0.246 e. The second-order valence-electron chi connectivity index (χ2n) is 10.6. The van der Waals surface area contributed by atoms with E-state index in [1.54, 1.807) is 11.1 Å². The molecule has 39 heavy (non-hydrogen) atoms. The molecule has 1 aromatic carbocycles. The summed E-state index contributed by atoms with van der Waals surface area (Å²) in [6.07, 6.45) is 13.4. The van der Waals surface area contributed by atoms with Crippen LogP contribution in [0.3, 0.4) is 0 Å². The Morgan fingerprint density at radius 3 is 2.44 bits per heavy atom. The van der Waals surface area contributed by atoms with Gasteiger partial charge < -0.3 is 20.9 Å². The van der Waals surface area contributed by atoms with Crippen LogP contribution in [0.5, 0.6) is 0 Å².